The summed E-state index contributed by atoms with van der Waals surface area (Å²) in [7, 11) is 0. The highest BCUT2D eigenvalue weighted by atomic mass is 16.2. The van der Waals surface area contributed by atoms with Crippen molar-refractivity contribution >= 4 is 16.9 Å². The van der Waals surface area contributed by atoms with E-state index in [-0.39, 0.29) is 17.9 Å². The summed E-state index contributed by atoms with van der Waals surface area (Å²) in [5.41, 5.74) is 10.8. The number of aryl methyl sites for hydroxylation is 1. The molecule has 0 spiro atoms. The third-order valence-corrected chi connectivity index (χ3v) is 5.75. The number of rotatable bonds is 5. The summed E-state index contributed by atoms with van der Waals surface area (Å²) in [4.78, 5) is 23.0. The number of nitrogens with one attached hydrogen (secondary N) is 1. The number of amides is 1. The number of hydrogen-bond donors (Lipinski definition) is 2. The highest BCUT2D eigenvalue weighted by Gasteiger charge is 2.27. The van der Waals surface area contributed by atoms with Crippen LogP contribution in [0.3, 0.4) is 0 Å². The van der Waals surface area contributed by atoms with E-state index in [0.717, 1.165) is 49.2 Å². The highest BCUT2D eigenvalue weighted by molar-refractivity contribution is 5.77. The molecule has 1 aliphatic heterocycles. The minimum atomic E-state index is -0.153. The maximum Gasteiger partial charge on any atom is 0.224 e. The van der Waals surface area contributed by atoms with Crippen LogP contribution in [0.4, 0.5) is 0 Å². The predicted molar refractivity (Wildman–Crippen MR) is 112 cm³/mol. The Kier molecular flexibility index (Phi) is 5.44. The molecule has 1 amide bonds. The summed E-state index contributed by atoms with van der Waals surface area (Å²) < 4.78 is 0. The van der Waals surface area contributed by atoms with Crippen LogP contribution in [0.15, 0.2) is 48.5 Å². The Labute approximate surface area is 166 Å². The smallest absolute Gasteiger partial charge is 0.224 e. The quantitative estimate of drug-likeness (QED) is 0.715. The van der Waals surface area contributed by atoms with E-state index in [9.17, 15) is 4.79 Å². The van der Waals surface area contributed by atoms with E-state index >= 15 is 0 Å². The van der Waals surface area contributed by atoms with Gasteiger partial charge in [-0.1, -0.05) is 36.4 Å². The van der Waals surface area contributed by atoms with Gasteiger partial charge < -0.3 is 15.6 Å². The second kappa shape index (κ2) is 8.15. The maximum absolute atomic E-state index is 12.8. The number of nitrogens with zero attached hydrogens (tertiary/aromatic N) is 2. The van der Waals surface area contributed by atoms with Crippen LogP contribution >= 0.6 is 0 Å². The van der Waals surface area contributed by atoms with Gasteiger partial charge in [0.15, 0.2) is 0 Å². The Morgan fingerprint density at radius 1 is 1.25 bits per heavy atom. The average molecular weight is 377 g/mol. The van der Waals surface area contributed by atoms with Gasteiger partial charge in [-0.05, 0) is 49.4 Å². The fourth-order valence-electron chi connectivity index (χ4n) is 4.14. The standard InChI is InChI=1S/C23H28N4O/c1-16-7-2-3-8-17(16)13-19(24)14-22(28)27-12-6-9-18(15-27)23-25-20-10-4-5-11-21(20)26-23/h2-5,7-8,10-11,18-19H,6,9,12-15,24H2,1H3,(H,25,26)/t18?,19-/m1/s1. The normalized spacial score (nSPS) is 18.4. The molecule has 1 aliphatic rings. The van der Waals surface area contributed by atoms with Crippen molar-refractivity contribution in [3.8, 4) is 0 Å². The Balaban J connectivity index is 1.38. The summed E-state index contributed by atoms with van der Waals surface area (Å²) in [6.07, 6.45) is 3.18. The van der Waals surface area contributed by atoms with Gasteiger partial charge in [0, 0.05) is 31.5 Å². The van der Waals surface area contributed by atoms with E-state index in [1.54, 1.807) is 0 Å². The molecule has 5 nitrogen and oxygen atoms in total. The van der Waals surface area contributed by atoms with Crippen molar-refractivity contribution in [2.75, 3.05) is 13.1 Å². The molecule has 3 aromatic rings. The molecule has 0 bridgehead atoms. The third-order valence-electron chi connectivity index (χ3n) is 5.75. The lowest BCUT2D eigenvalue weighted by molar-refractivity contribution is -0.132. The van der Waals surface area contributed by atoms with E-state index in [0.29, 0.717) is 6.42 Å². The minimum Gasteiger partial charge on any atom is -0.342 e. The zero-order chi connectivity index (χ0) is 19.5. The molecule has 146 valence electrons. The number of fused-ring (bicyclic) bond motifs is 1. The molecule has 2 heterocycles. The van der Waals surface area contributed by atoms with E-state index in [1.807, 2.05) is 41.3 Å². The number of carbonyl (C=O) groups excluding carboxylic acids is 1. The van der Waals surface area contributed by atoms with Crippen molar-refractivity contribution in [1.82, 2.24) is 14.9 Å². The van der Waals surface area contributed by atoms with Gasteiger partial charge >= 0.3 is 0 Å². The first-order valence-electron chi connectivity index (χ1n) is 10.1. The van der Waals surface area contributed by atoms with Gasteiger partial charge in [-0.15, -0.1) is 0 Å². The lowest BCUT2D eigenvalue weighted by Gasteiger charge is -2.32. The third kappa shape index (κ3) is 4.09. The van der Waals surface area contributed by atoms with Gasteiger partial charge in [-0.2, -0.15) is 0 Å². The largest absolute Gasteiger partial charge is 0.342 e. The lowest BCUT2D eigenvalue weighted by atomic mass is 9.95. The first-order chi connectivity index (χ1) is 13.6. The topological polar surface area (TPSA) is 75.0 Å². The second-order valence-electron chi connectivity index (χ2n) is 7.91. The molecule has 2 aromatic carbocycles. The van der Waals surface area contributed by atoms with Crippen molar-refractivity contribution in [1.29, 1.82) is 0 Å². The number of H-pyrrole nitrogens is 1. The summed E-state index contributed by atoms with van der Waals surface area (Å²) >= 11 is 0. The SMILES string of the molecule is Cc1ccccc1C[C@@H](N)CC(=O)N1CCCC(c2nc3ccccc3[nH]2)C1. The number of piperidine rings is 1. The molecular formula is C23H28N4O. The van der Waals surface area contributed by atoms with Crippen molar-refractivity contribution in [2.24, 2.45) is 5.73 Å². The van der Waals surface area contributed by atoms with Gasteiger partial charge in [0.25, 0.3) is 0 Å². The molecule has 4 rings (SSSR count). The monoisotopic (exact) mass is 376 g/mol. The van der Waals surface area contributed by atoms with Crippen molar-refractivity contribution in [2.45, 2.75) is 44.6 Å². The molecule has 2 atom stereocenters. The molecule has 1 unspecified atom stereocenters. The number of carbonyl (C=O) groups is 1. The first-order valence-corrected chi connectivity index (χ1v) is 10.1. The number of aromatic nitrogens is 2. The van der Waals surface area contributed by atoms with Crippen LogP contribution in [0, 0.1) is 6.92 Å². The molecule has 0 aliphatic carbocycles. The van der Waals surface area contributed by atoms with Crippen LogP contribution in [0.5, 0.6) is 0 Å². The zero-order valence-electron chi connectivity index (χ0n) is 16.4. The van der Waals surface area contributed by atoms with E-state index in [2.05, 4.69) is 24.0 Å². The number of benzene rings is 2. The number of para-hydroxylation sites is 2. The lowest BCUT2D eigenvalue weighted by Crippen LogP contribution is -2.42. The van der Waals surface area contributed by atoms with Gasteiger partial charge in [-0.3, -0.25) is 4.79 Å². The summed E-state index contributed by atoms with van der Waals surface area (Å²) in [5, 5.41) is 0. The summed E-state index contributed by atoms with van der Waals surface area (Å²) in [6, 6.07) is 16.2. The Bertz CT molecular complexity index is 931. The molecule has 1 fully saturated rings. The first kappa shape index (κ1) is 18.7. The van der Waals surface area contributed by atoms with E-state index < -0.39 is 0 Å². The summed E-state index contributed by atoms with van der Waals surface area (Å²) in [5.74, 6) is 1.41. The van der Waals surface area contributed by atoms with E-state index in [1.165, 1.54) is 11.1 Å². The molecule has 1 saturated heterocycles. The van der Waals surface area contributed by atoms with Crippen molar-refractivity contribution in [3.05, 3.63) is 65.5 Å². The Hall–Kier alpha value is -2.66. The van der Waals surface area contributed by atoms with Gasteiger partial charge in [0.05, 0.1) is 11.0 Å². The number of likely N-dealkylation sites (tertiary alicyclic amines) is 1. The number of hydrogen-bond acceptors (Lipinski definition) is 3. The number of imidazole rings is 1. The van der Waals surface area contributed by atoms with Crippen LogP contribution < -0.4 is 5.73 Å². The fraction of sp³-hybridized carbons (Fsp3) is 0.391. The van der Waals surface area contributed by atoms with Gasteiger partial charge in [0.1, 0.15) is 5.82 Å². The van der Waals surface area contributed by atoms with E-state index in [4.69, 9.17) is 10.7 Å². The Morgan fingerprint density at radius 3 is 2.86 bits per heavy atom. The molecule has 28 heavy (non-hydrogen) atoms. The van der Waals surface area contributed by atoms with Crippen molar-refractivity contribution < 1.29 is 4.79 Å². The van der Waals surface area contributed by atoms with Crippen molar-refractivity contribution in [3.63, 3.8) is 0 Å². The fourth-order valence-corrected chi connectivity index (χ4v) is 4.14. The molecule has 3 N–H and O–H groups in total. The number of aromatic amines is 1. The van der Waals surface area contributed by atoms with Gasteiger partial charge in [0.2, 0.25) is 5.91 Å². The highest BCUT2D eigenvalue weighted by Crippen LogP contribution is 2.27. The van der Waals surface area contributed by atoms with Crippen LogP contribution in [0.25, 0.3) is 11.0 Å². The maximum atomic E-state index is 12.8. The Morgan fingerprint density at radius 2 is 2.04 bits per heavy atom. The second-order valence-corrected chi connectivity index (χ2v) is 7.91. The zero-order valence-corrected chi connectivity index (χ0v) is 16.4. The molecule has 0 saturated carbocycles. The van der Waals surface area contributed by atoms with Crippen LogP contribution in [-0.4, -0.2) is 39.9 Å². The van der Waals surface area contributed by atoms with Gasteiger partial charge in [-0.25, -0.2) is 4.98 Å². The predicted octanol–water partition coefficient (Wildman–Crippen LogP) is 3.54. The molecular weight excluding hydrogens is 348 g/mol. The molecule has 0 radical (unpaired) electrons. The average Bonchev–Trinajstić information content (AvgIpc) is 3.14. The molecule has 1 aromatic heterocycles. The van der Waals surface area contributed by atoms with Crippen LogP contribution in [-0.2, 0) is 11.2 Å². The van der Waals surface area contributed by atoms with Crippen LogP contribution in [0.2, 0.25) is 0 Å². The minimum absolute atomic E-state index is 0.153. The summed E-state index contributed by atoms with van der Waals surface area (Å²) in [6.45, 7) is 3.62. The van der Waals surface area contributed by atoms with Crippen LogP contribution in [0.1, 0.15) is 42.1 Å². The molecule has 5 heteroatoms. The number of nitrogens with two attached hydrogens (primary N) is 1.